The summed E-state index contributed by atoms with van der Waals surface area (Å²) in [7, 11) is 0. The van der Waals surface area contributed by atoms with Gasteiger partial charge in [0.15, 0.2) is 0 Å². The molecule has 2 aliphatic rings. The third-order valence-electron chi connectivity index (χ3n) is 5.67. The number of amides is 2. The van der Waals surface area contributed by atoms with E-state index in [2.05, 4.69) is 17.3 Å². The van der Waals surface area contributed by atoms with Crippen LogP contribution in [-0.4, -0.2) is 51.7 Å². The van der Waals surface area contributed by atoms with Gasteiger partial charge in [0.05, 0.1) is 11.8 Å². The quantitative estimate of drug-likeness (QED) is 0.832. The van der Waals surface area contributed by atoms with Gasteiger partial charge in [-0.25, -0.2) is 0 Å². The van der Waals surface area contributed by atoms with Gasteiger partial charge < -0.3 is 16.0 Å². The highest BCUT2D eigenvalue weighted by atomic mass is 16.2. The molecule has 2 fully saturated rings. The zero-order valence-electron chi connectivity index (χ0n) is 15.7. The first kappa shape index (κ1) is 18.9. The van der Waals surface area contributed by atoms with Crippen LogP contribution in [0.25, 0.3) is 0 Å². The Morgan fingerprint density at radius 1 is 1.27 bits per heavy atom. The van der Waals surface area contributed by atoms with Gasteiger partial charge >= 0.3 is 0 Å². The third-order valence-corrected chi connectivity index (χ3v) is 5.67. The van der Waals surface area contributed by atoms with Crippen molar-refractivity contribution in [2.45, 2.75) is 70.5 Å². The number of piperidine rings is 1. The van der Waals surface area contributed by atoms with Crippen molar-refractivity contribution in [3.8, 4) is 0 Å². The number of nitrogens with zero attached hydrogens (tertiary/aromatic N) is 3. The fraction of sp³-hybridized carbons (Fsp3) is 0.737. The van der Waals surface area contributed by atoms with Crippen LogP contribution in [0.3, 0.4) is 0 Å². The molecule has 3 rings (SSSR count). The van der Waals surface area contributed by atoms with Crippen LogP contribution in [0.1, 0.15) is 62.2 Å². The topological polar surface area (TPSA) is 93.2 Å². The van der Waals surface area contributed by atoms with Crippen molar-refractivity contribution >= 4 is 11.8 Å². The summed E-state index contributed by atoms with van der Waals surface area (Å²) in [4.78, 5) is 26.9. The Labute approximate surface area is 155 Å². The average molecular weight is 361 g/mol. The van der Waals surface area contributed by atoms with Gasteiger partial charge in [0.2, 0.25) is 5.91 Å². The number of likely N-dealkylation sites (tertiary alicyclic amines) is 1. The lowest BCUT2D eigenvalue weighted by Crippen LogP contribution is -2.49. The van der Waals surface area contributed by atoms with Crippen LogP contribution in [0.2, 0.25) is 0 Å². The lowest BCUT2D eigenvalue weighted by atomic mass is 9.92. The molecular weight excluding hydrogens is 330 g/mol. The van der Waals surface area contributed by atoms with E-state index in [4.69, 9.17) is 5.73 Å². The summed E-state index contributed by atoms with van der Waals surface area (Å²) in [5, 5.41) is 7.29. The average Bonchev–Trinajstić information content (AvgIpc) is 3.10. The van der Waals surface area contributed by atoms with Crippen molar-refractivity contribution in [2.24, 2.45) is 11.7 Å². The van der Waals surface area contributed by atoms with E-state index in [-0.39, 0.29) is 30.4 Å². The Kier molecular flexibility index (Phi) is 6.29. The number of nitrogens with two attached hydrogens (primary N) is 1. The van der Waals surface area contributed by atoms with Crippen LogP contribution in [0, 0.1) is 5.92 Å². The molecule has 0 radical (unpaired) electrons. The van der Waals surface area contributed by atoms with E-state index in [1.807, 2.05) is 4.90 Å². The molecule has 26 heavy (non-hydrogen) atoms. The lowest BCUT2D eigenvalue weighted by Gasteiger charge is -2.37. The minimum absolute atomic E-state index is 0.0358. The minimum Gasteiger partial charge on any atom is -0.352 e. The van der Waals surface area contributed by atoms with Crippen LogP contribution in [0.15, 0.2) is 12.4 Å². The summed E-state index contributed by atoms with van der Waals surface area (Å²) in [5.41, 5.74) is 6.40. The highest BCUT2D eigenvalue weighted by Gasteiger charge is 2.30. The van der Waals surface area contributed by atoms with E-state index in [0.29, 0.717) is 18.0 Å². The monoisotopic (exact) mass is 361 g/mol. The fourth-order valence-electron chi connectivity index (χ4n) is 4.14. The van der Waals surface area contributed by atoms with E-state index < -0.39 is 0 Å². The molecule has 1 aromatic rings. The summed E-state index contributed by atoms with van der Waals surface area (Å²) in [6.07, 6.45) is 10.9. The maximum absolute atomic E-state index is 12.8. The second-order valence-corrected chi connectivity index (χ2v) is 7.85. The number of carbonyl (C=O) groups is 2. The van der Waals surface area contributed by atoms with Crippen LogP contribution in [-0.2, 0) is 11.3 Å². The highest BCUT2D eigenvalue weighted by Crippen LogP contribution is 2.23. The molecule has 1 aliphatic carbocycles. The summed E-state index contributed by atoms with van der Waals surface area (Å²) in [6, 6.07) is 0.373. The zero-order chi connectivity index (χ0) is 18.5. The predicted octanol–water partition coefficient (Wildman–Crippen LogP) is 1.53. The summed E-state index contributed by atoms with van der Waals surface area (Å²) >= 11 is 0. The molecule has 1 saturated heterocycles. The van der Waals surface area contributed by atoms with Crippen LogP contribution in [0.4, 0.5) is 0 Å². The summed E-state index contributed by atoms with van der Waals surface area (Å²) in [6.45, 7) is 3.57. The molecule has 7 heteroatoms. The lowest BCUT2D eigenvalue weighted by molar-refractivity contribution is -0.122. The van der Waals surface area contributed by atoms with Crippen molar-refractivity contribution in [3.63, 3.8) is 0 Å². The van der Waals surface area contributed by atoms with Crippen LogP contribution >= 0.6 is 0 Å². The normalized spacial score (nSPS) is 24.5. The second kappa shape index (κ2) is 8.66. The van der Waals surface area contributed by atoms with Gasteiger partial charge in [0, 0.05) is 31.4 Å². The van der Waals surface area contributed by atoms with Crippen molar-refractivity contribution in [1.29, 1.82) is 0 Å². The smallest absolute Gasteiger partial charge is 0.257 e. The van der Waals surface area contributed by atoms with Crippen molar-refractivity contribution in [3.05, 3.63) is 18.0 Å². The number of aromatic nitrogens is 2. The van der Waals surface area contributed by atoms with Gasteiger partial charge in [-0.1, -0.05) is 26.2 Å². The highest BCUT2D eigenvalue weighted by molar-refractivity contribution is 5.94. The Hall–Kier alpha value is -1.89. The Morgan fingerprint density at radius 2 is 2.04 bits per heavy atom. The maximum Gasteiger partial charge on any atom is 0.257 e. The molecule has 7 nitrogen and oxygen atoms in total. The Balaban J connectivity index is 1.56. The van der Waals surface area contributed by atoms with Crippen molar-refractivity contribution in [1.82, 2.24) is 20.0 Å². The van der Waals surface area contributed by atoms with Crippen molar-refractivity contribution < 1.29 is 9.59 Å². The standard InChI is InChI=1S/C19H31N5O2/c1-14-7-8-24(17(9-14)10-20)19(26)15-11-21-23(12-15)13-18(25)22-16-5-3-2-4-6-16/h11-12,14,16-17H,2-10,13,20H2,1H3,(H,22,25). The molecular formula is C19H31N5O2. The number of nitrogens with one attached hydrogen (secondary N) is 1. The summed E-state index contributed by atoms with van der Waals surface area (Å²) in [5.74, 6) is 0.524. The molecule has 2 heterocycles. The predicted molar refractivity (Wildman–Crippen MR) is 99.5 cm³/mol. The first-order valence-corrected chi connectivity index (χ1v) is 9.89. The van der Waals surface area contributed by atoms with Gasteiger partial charge in [-0.05, 0) is 31.6 Å². The Morgan fingerprint density at radius 3 is 2.77 bits per heavy atom. The SMILES string of the molecule is CC1CCN(C(=O)c2cnn(CC(=O)NC3CCCCC3)c2)C(CN)C1. The molecule has 0 aromatic carbocycles. The first-order chi connectivity index (χ1) is 12.6. The van der Waals surface area contributed by atoms with Crippen LogP contribution < -0.4 is 11.1 Å². The first-order valence-electron chi connectivity index (χ1n) is 9.89. The molecule has 144 valence electrons. The molecule has 2 unspecified atom stereocenters. The molecule has 1 aliphatic heterocycles. The summed E-state index contributed by atoms with van der Waals surface area (Å²) < 4.78 is 1.55. The fourth-order valence-corrected chi connectivity index (χ4v) is 4.14. The van der Waals surface area contributed by atoms with E-state index in [1.54, 1.807) is 17.1 Å². The molecule has 3 N–H and O–H groups in total. The van der Waals surface area contributed by atoms with Gasteiger partial charge in [0.1, 0.15) is 6.54 Å². The minimum atomic E-state index is -0.0365. The van der Waals surface area contributed by atoms with Gasteiger partial charge in [-0.15, -0.1) is 0 Å². The van der Waals surface area contributed by atoms with Crippen molar-refractivity contribution in [2.75, 3.05) is 13.1 Å². The molecule has 2 amide bonds. The van der Waals surface area contributed by atoms with Gasteiger partial charge in [-0.2, -0.15) is 5.10 Å². The van der Waals surface area contributed by atoms with E-state index in [0.717, 1.165) is 32.2 Å². The number of carbonyl (C=O) groups excluding carboxylic acids is 2. The van der Waals surface area contributed by atoms with Gasteiger partial charge in [0.25, 0.3) is 5.91 Å². The molecule has 1 saturated carbocycles. The van der Waals surface area contributed by atoms with E-state index >= 15 is 0 Å². The van der Waals surface area contributed by atoms with E-state index in [1.165, 1.54) is 19.3 Å². The molecule has 1 aromatic heterocycles. The zero-order valence-corrected chi connectivity index (χ0v) is 15.7. The molecule has 2 atom stereocenters. The maximum atomic E-state index is 12.8. The third kappa shape index (κ3) is 4.63. The van der Waals surface area contributed by atoms with Gasteiger partial charge in [-0.3, -0.25) is 14.3 Å². The number of rotatable bonds is 5. The number of hydrogen-bond donors (Lipinski definition) is 2. The second-order valence-electron chi connectivity index (χ2n) is 7.85. The van der Waals surface area contributed by atoms with Crippen LogP contribution in [0.5, 0.6) is 0 Å². The Bertz CT molecular complexity index is 623. The number of hydrogen-bond acceptors (Lipinski definition) is 4. The molecule has 0 spiro atoms. The van der Waals surface area contributed by atoms with E-state index in [9.17, 15) is 9.59 Å². The largest absolute Gasteiger partial charge is 0.352 e. The molecule has 0 bridgehead atoms.